The number of fused-ring (bicyclic) bond motifs is 3. The van der Waals surface area contributed by atoms with Gasteiger partial charge in [-0.1, -0.05) is 0 Å². The molecule has 6 rings (SSSR count). The number of oxazole rings is 1. The Labute approximate surface area is 176 Å². The van der Waals surface area contributed by atoms with Crippen LogP contribution in [0.4, 0.5) is 11.8 Å². The highest BCUT2D eigenvalue weighted by Crippen LogP contribution is 2.28. The zero-order chi connectivity index (χ0) is 20.9. The van der Waals surface area contributed by atoms with Crippen LogP contribution in [0.25, 0.3) is 16.9 Å². The fraction of sp³-hybridized carbons (Fsp3) is 0.300. The highest BCUT2D eigenvalue weighted by atomic mass is 16.4. The van der Waals surface area contributed by atoms with Crippen LogP contribution in [0.1, 0.15) is 22.7 Å². The number of nitrogens with two attached hydrogens (primary N) is 1. The molecule has 2 atom stereocenters. The van der Waals surface area contributed by atoms with Gasteiger partial charge in [0.2, 0.25) is 0 Å². The zero-order valence-corrected chi connectivity index (χ0v) is 16.5. The van der Waals surface area contributed by atoms with E-state index in [1.54, 1.807) is 30.9 Å². The monoisotopic (exact) mass is 420 g/mol. The molecule has 0 spiro atoms. The standard InChI is InChI=1S/C20H20N8O3/c21-17(29)16-3-11(10-30-16)15-7-24-18(19-22-1-2-28(15)19)26-20-25-6-14(31-20)9-27-8-12-4-13(27)5-23-12/h1-3,6-7,10,12-13,23H,4-5,8-9H2,(H2,21,29)(H,24,25,26). The fourth-order valence-corrected chi connectivity index (χ4v) is 4.40. The number of imidazole rings is 1. The molecular formula is C20H20N8O3. The minimum Gasteiger partial charge on any atom is -0.458 e. The van der Waals surface area contributed by atoms with E-state index < -0.39 is 5.91 Å². The molecule has 11 nitrogen and oxygen atoms in total. The summed E-state index contributed by atoms with van der Waals surface area (Å²) in [6.07, 6.45) is 9.53. The molecular weight excluding hydrogens is 400 g/mol. The molecule has 0 saturated carbocycles. The van der Waals surface area contributed by atoms with Gasteiger partial charge in [0.05, 0.1) is 24.6 Å². The van der Waals surface area contributed by atoms with Crippen molar-refractivity contribution in [3.05, 3.63) is 48.6 Å². The molecule has 0 aliphatic carbocycles. The number of primary amides is 1. The Balaban J connectivity index is 1.24. The largest absolute Gasteiger partial charge is 0.458 e. The Morgan fingerprint density at radius 2 is 2.26 bits per heavy atom. The van der Waals surface area contributed by atoms with Crippen LogP contribution in [-0.4, -0.2) is 55.3 Å². The lowest BCUT2D eigenvalue weighted by atomic mass is 10.2. The molecule has 2 unspecified atom stereocenters. The predicted molar refractivity (Wildman–Crippen MR) is 110 cm³/mol. The number of nitrogens with one attached hydrogen (secondary N) is 2. The topological polar surface area (TPSA) is 140 Å². The maximum absolute atomic E-state index is 11.3. The summed E-state index contributed by atoms with van der Waals surface area (Å²) < 4.78 is 13.0. The summed E-state index contributed by atoms with van der Waals surface area (Å²) in [5.74, 6) is 0.769. The highest BCUT2D eigenvalue weighted by Gasteiger charge is 2.37. The first-order valence-corrected chi connectivity index (χ1v) is 10.0. The van der Waals surface area contributed by atoms with E-state index >= 15 is 0 Å². The van der Waals surface area contributed by atoms with E-state index in [0.29, 0.717) is 40.8 Å². The van der Waals surface area contributed by atoms with Gasteiger partial charge >= 0.3 is 6.01 Å². The van der Waals surface area contributed by atoms with E-state index in [0.717, 1.165) is 25.4 Å². The van der Waals surface area contributed by atoms with Gasteiger partial charge in [0.1, 0.15) is 12.0 Å². The number of rotatable bonds is 6. The van der Waals surface area contributed by atoms with Crippen LogP contribution in [0.15, 0.2) is 46.0 Å². The summed E-state index contributed by atoms with van der Waals surface area (Å²) in [6, 6.07) is 3.11. The van der Waals surface area contributed by atoms with Crippen molar-refractivity contribution >= 4 is 23.4 Å². The number of anilines is 2. The van der Waals surface area contributed by atoms with Gasteiger partial charge in [-0.05, 0) is 12.5 Å². The maximum Gasteiger partial charge on any atom is 0.300 e. The first-order chi connectivity index (χ1) is 15.1. The van der Waals surface area contributed by atoms with Crippen molar-refractivity contribution in [1.29, 1.82) is 0 Å². The van der Waals surface area contributed by atoms with Crippen LogP contribution in [0.5, 0.6) is 0 Å². The number of hydrogen-bond acceptors (Lipinski definition) is 9. The number of hydrogen-bond donors (Lipinski definition) is 3. The van der Waals surface area contributed by atoms with E-state index in [9.17, 15) is 4.79 Å². The second-order valence-corrected chi connectivity index (χ2v) is 7.86. The Morgan fingerprint density at radius 1 is 1.32 bits per heavy atom. The van der Waals surface area contributed by atoms with Crippen molar-refractivity contribution in [1.82, 2.24) is 29.6 Å². The molecule has 6 heterocycles. The Kier molecular flexibility index (Phi) is 4.04. The summed E-state index contributed by atoms with van der Waals surface area (Å²) in [4.78, 5) is 27.0. The van der Waals surface area contributed by atoms with Gasteiger partial charge in [-0.2, -0.15) is 0 Å². The lowest BCUT2D eigenvalue weighted by molar-refractivity contribution is 0.0974. The molecule has 2 fully saturated rings. The summed E-state index contributed by atoms with van der Waals surface area (Å²) in [5, 5.41) is 6.61. The zero-order valence-electron chi connectivity index (χ0n) is 16.5. The Morgan fingerprint density at radius 3 is 3.03 bits per heavy atom. The normalized spacial score (nSPS) is 20.6. The molecule has 4 aromatic rings. The number of furan rings is 1. The molecule has 2 aliphatic rings. The van der Waals surface area contributed by atoms with Crippen LogP contribution in [0.2, 0.25) is 0 Å². The number of amides is 1. The van der Waals surface area contributed by atoms with E-state index in [1.807, 2.05) is 4.40 Å². The quantitative estimate of drug-likeness (QED) is 0.422. The Hall–Kier alpha value is -3.70. The maximum atomic E-state index is 11.3. The molecule has 158 valence electrons. The molecule has 1 amide bonds. The molecule has 0 aromatic carbocycles. The Bertz CT molecular complexity index is 1270. The first-order valence-electron chi connectivity index (χ1n) is 10.0. The predicted octanol–water partition coefficient (Wildman–Crippen LogP) is 1.37. The third-order valence-electron chi connectivity index (χ3n) is 5.87. The summed E-state index contributed by atoms with van der Waals surface area (Å²) in [7, 11) is 0. The van der Waals surface area contributed by atoms with E-state index in [2.05, 4.69) is 30.5 Å². The van der Waals surface area contributed by atoms with Crippen molar-refractivity contribution in [3.8, 4) is 11.3 Å². The minimum absolute atomic E-state index is 0.0831. The number of aromatic nitrogens is 4. The van der Waals surface area contributed by atoms with Crippen molar-refractivity contribution < 1.29 is 13.6 Å². The van der Waals surface area contributed by atoms with Gasteiger partial charge in [0.25, 0.3) is 5.91 Å². The molecule has 0 radical (unpaired) electrons. The summed E-state index contributed by atoms with van der Waals surface area (Å²) >= 11 is 0. The van der Waals surface area contributed by atoms with Gasteiger partial charge in [0.15, 0.2) is 17.2 Å². The molecule has 11 heteroatoms. The molecule has 31 heavy (non-hydrogen) atoms. The van der Waals surface area contributed by atoms with Crippen molar-refractivity contribution in [3.63, 3.8) is 0 Å². The molecule has 2 saturated heterocycles. The van der Waals surface area contributed by atoms with E-state index in [-0.39, 0.29) is 5.76 Å². The second kappa shape index (κ2) is 6.93. The average Bonchev–Trinajstić information content (AvgIpc) is 3.55. The average molecular weight is 420 g/mol. The van der Waals surface area contributed by atoms with E-state index in [1.165, 1.54) is 12.7 Å². The van der Waals surface area contributed by atoms with Gasteiger partial charge in [-0.3, -0.25) is 19.4 Å². The van der Waals surface area contributed by atoms with Gasteiger partial charge < -0.3 is 19.9 Å². The smallest absolute Gasteiger partial charge is 0.300 e. The number of piperazine rings is 1. The number of carbonyl (C=O) groups excluding carboxylic acids is 1. The first kappa shape index (κ1) is 18.1. The van der Waals surface area contributed by atoms with Crippen LogP contribution < -0.4 is 16.4 Å². The highest BCUT2D eigenvalue weighted by molar-refractivity contribution is 5.91. The molecule has 4 N–H and O–H groups in total. The lowest BCUT2D eigenvalue weighted by Crippen LogP contribution is -2.42. The van der Waals surface area contributed by atoms with Gasteiger partial charge in [-0.15, -0.1) is 0 Å². The van der Waals surface area contributed by atoms with Crippen LogP contribution in [-0.2, 0) is 6.54 Å². The number of nitrogens with zero attached hydrogens (tertiary/aromatic N) is 5. The lowest BCUT2D eigenvalue weighted by Gasteiger charge is -2.25. The number of carbonyl (C=O) groups is 1. The summed E-state index contributed by atoms with van der Waals surface area (Å²) in [6.45, 7) is 2.82. The van der Waals surface area contributed by atoms with E-state index in [4.69, 9.17) is 14.6 Å². The van der Waals surface area contributed by atoms with Crippen molar-refractivity contribution in [2.45, 2.75) is 25.0 Å². The number of likely N-dealkylation sites (tertiary alicyclic amines) is 1. The van der Waals surface area contributed by atoms with Crippen molar-refractivity contribution in [2.24, 2.45) is 5.73 Å². The van der Waals surface area contributed by atoms with Gasteiger partial charge in [0, 0.05) is 43.1 Å². The minimum atomic E-state index is -0.628. The summed E-state index contributed by atoms with van der Waals surface area (Å²) in [5.41, 5.74) is 7.24. The fourth-order valence-electron chi connectivity index (χ4n) is 4.40. The van der Waals surface area contributed by atoms with Crippen molar-refractivity contribution in [2.75, 3.05) is 18.4 Å². The van der Waals surface area contributed by atoms with Crippen LogP contribution >= 0.6 is 0 Å². The molecule has 2 aliphatic heterocycles. The SMILES string of the molecule is NC(=O)c1cc(-c2cnc(Nc3ncc(CN4CC5CC4CN5)o3)c3nccn23)co1. The van der Waals surface area contributed by atoms with Gasteiger partial charge in [-0.25, -0.2) is 15.0 Å². The molecule has 2 bridgehead atoms. The third kappa shape index (κ3) is 3.14. The van der Waals surface area contributed by atoms with Crippen LogP contribution in [0.3, 0.4) is 0 Å². The molecule has 4 aromatic heterocycles. The third-order valence-corrected chi connectivity index (χ3v) is 5.87. The van der Waals surface area contributed by atoms with Crippen LogP contribution in [0, 0.1) is 0 Å². The second-order valence-electron chi connectivity index (χ2n) is 7.86.